The quantitative estimate of drug-likeness (QED) is 0.596. The van der Waals surface area contributed by atoms with Crippen LogP contribution in [0.15, 0.2) is 36.0 Å². The van der Waals surface area contributed by atoms with Crippen LogP contribution in [0.3, 0.4) is 0 Å². The predicted molar refractivity (Wildman–Crippen MR) is 92.7 cm³/mol. The molecule has 140 valence electrons. The molecule has 0 aromatic rings. The summed E-state index contributed by atoms with van der Waals surface area (Å²) < 4.78 is 11.1. The highest BCUT2D eigenvalue weighted by molar-refractivity contribution is 5.99. The van der Waals surface area contributed by atoms with Crippen LogP contribution >= 0.6 is 0 Å². The molecule has 0 bridgehead atoms. The zero-order valence-electron chi connectivity index (χ0n) is 15.4. The zero-order chi connectivity index (χ0) is 19.4. The van der Waals surface area contributed by atoms with Gasteiger partial charge in [-0.15, -0.1) is 0 Å². The van der Waals surface area contributed by atoms with Crippen LogP contribution in [0.4, 0.5) is 0 Å². The highest BCUT2D eigenvalue weighted by atomic mass is 16.6. The Bertz CT molecular complexity index is 743. The first-order chi connectivity index (χ1) is 12.1. The van der Waals surface area contributed by atoms with Crippen molar-refractivity contribution in [3.8, 4) is 0 Å². The van der Waals surface area contributed by atoms with Gasteiger partial charge in [0, 0.05) is 11.6 Å². The van der Waals surface area contributed by atoms with E-state index < -0.39 is 41.6 Å². The summed E-state index contributed by atoms with van der Waals surface area (Å²) in [5.74, 6) is -2.88. The van der Waals surface area contributed by atoms with Gasteiger partial charge < -0.3 is 14.6 Å². The van der Waals surface area contributed by atoms with E-state index in [2.05, 4.69) is 6.58 Å². The van der Waals surface area contributed by atoms with Crippen LogP contribution in [-0.2, 0) is 23.9 Å². The summed E-state index contributed by atoms with van der Waals surface area (Å²) in [6.45, 7) is 10.8. The number of carbonyl (C=O) groups is 3. The number of allylic oxidation sites excluding steroid dienone is 3. The third kappa shape index (κ3) is 2.55. The number of rotatable bonds is 2. The lowest BCUT2D eigenvalue weighted by Crippen LogP contribution is -2.49. The van der Waals surface area contributed by atoms with E-state index in [1.165, 1.54) is 12.2 Å². The molecule has 3 rings (SSSR count). The lowest BCUT2D eigenvalue weighted by atomic mass is 9.67. The minimum atomic E-state index is -1.10. The fourth-order valence-electron chi connectivity index (χ4n) is 4.51. The standard InChI is InChI=1S/C20H24O6/c1-9(2)8-14(22)25-18-15-11(4)19(24)26-17(15)16(23)10(3)12-6-7-13(21)20(12,18)5/h6-8,10,12,15-18,23H,4H2,1-3,5H3/t10-,12-,15+,16?,17-,18+,20-/m0/s1. The van der Waals surface area contributed by atoms with Crippen LogP contribution in [0.5, 0.6) is 0 Å². The molecule has 0 amide bonds. The number of hydrogen-bond acceptors (Lipinski definition) is 6. The predicted octanol–water partition coefficient (Wildman–Crippen LogP) is 1.73. The normalized spacial score (nSPS) is 41.2. The fourth-order valence-corrected chi connectivity index (χ4v) is 4.51. The highest BCUT2D eigenvalue weighted by Crippen LogP contribution is 2.54. The van der Waals surface area contributed by atoms with Crippen LogP contribution in [-0.4, -0.2) is 41.1 Å². The molecule has 1 heterocycles. The number of hydrogen-bond donors (Lipinski definition) is 1. The molecule has 2 aliphatic carbocycles. The minimum absolute atomic E-state index is 0.123. The van der Waals surface area contributed by atoms with E-state index in [0.29, 0.717) is 0 Å². The van der Waals surface area contributed by atoms with Crippen molar-refractivity contribution in [3.05, 3.63) is 36.0 Å². The summed E-state index contributed by atoms with van der Waals surface area (Å²) >= 11 is 0. The number of ketones is 1. The Hall–Kier alpha value is -2.21. The van der Waals surface area contributed by atoms with Crippen molar-refractivity contribution < 1.29 is 29.0 Å². The molecule has 1 unspecified atom stereocenters. The second-order valence-corrected chi connectivity index (χ2v) is 7.88. The molecule has 6 heteroatoms. The molecule has 0 spiro atoms. The molecular formula is C20H24O6. The molecule has 7 atom stereocenters. The molecule has 0 radical (unpaired) electrons. The largest absolute Gasteiger partial charge is 0.457 e. The topological polar surface area (TPSA) is 89.9 Å². The van der Waals surface area contributed by atoms with E-state index >= 15 is 0 Å². The molecule has 1 N–H and O–H groups in total. The molecular weight excluding hydrogens is 336 g/mol. The number of esters is 2. The Morgan fingerprint density at radius 3 is 2.65 bits per heavy atom. The van der Waals surface area contributed by atoms with E-state index in [9.17, 15) is 19.5 Å². The number of ether oxygens (including phenoxy) is 2. The second-order valence-electron chi connectivity index (χ2n) is 7.88. The molecule has 0 aromatic carbocycles. The van der Waals surface area contributed by atoms with Gasteiger partial charge in [0.25, 0.3) is 0 Å². The van der Waals surface area contributed by atoms with Crippen LogP contribution < -0.4 is 0 Å². The Kier molecular flexibility index (Phi) is 4.43. The molecule has 0 aromatic heterocycles. The number of aliphatic hydroxyl groups is 1. The molecule has 1 saturated carbocycles. The third-order valence-corrected chi connectivity index (χ3v) is 5.95. The lowest BCUT2D eigenvalue weighted by Gasteiger charge is -2.39. The summed E-state index contributed by atoms with van der Waals surface area (Å²) in [6, 6.07) is 0. The van der Waals surface area contributed by atoms with Crippen molar-refractivity contribution in [1.29, 1.82) is 0 Å². The molecule has 3 aliphatic rings. The van der Waals surface area contributed by atoms with E-state index in [1.807, 2.05) is 6.92 Å². The Balaban J connectivity index is 2.12. The summed E-state index contributed by atoms with van der Waals surface area (Å²) in [5, 5.41) is 10.8. The van der Waals surface area contributed by atoms with Gasteiger partial charge in [-0.2, -0.15) is 0 Å². The maximum Gasteiger partial charge on any atom is 0.334 e. The van der Waals surface area contributed by atoms with Crippen molar-refractivity contribution in [3.63, 3.8) is 0 Å². The summed E-state index contributed by atoms with van der Waals surface area (Å²) in [6.07, 6.45) is 1.72. The van der Waals surface area contributed by atoms with Crippen molar-refractivity contribution in [2.24, 2.45) is 23.2 Å². The Labute approximate surface area is 152 Å². The summed E-state index contributed by atoms with van der Waals surface area (Å²) in [4.78, 5) is 37.3. The SMILES string of the molecule is C=C1C(=O)O[C@@H]2C(O)[C@@H](C)[C@@H]3C=CC(=O)[C@@]3(C)[C@H](OC(=O)C=C(C)C)[C@H]12. The van der Waals surface area contributed by atoms with Gasteiger partial charge >= 0.3 is 11.9 Å². The average Bonchev–Trinajstić information content (AvgIpc) is 2.99. The van der Waals surface area contributed by atoms with E-state index in [1.54, 1.807) is 26.8 Å². The Morgan fingerprint density at radius 1 is 1.38 bits per heavy atom. The van der Waals surface area contributed by atoms with Gasteiger partial charge in [0.05, 0.1) is 17.4 Å². The van der Waals surface area contributed by atoms with Gasteiger partial charge in [-0.1, -0.05) is 25.2 Å². The van der Waals surface area contributed by atoms with Crippen molar-refractivity contribution >= 4 is 17.7 Å². The first-order valence-electron chi connectivity index (χ1n) is 8.75. The minimum Gasteiger partial charge on any atom is -0.457 e. The fraction of sp³-hybridized carbons (Fsp3) is 0.550. The zero-order valence-corrected chi connectivity index (χ0v) is 15.4. The molecule has 1 aliphatic heterocycles. The van der Waals surface area contributed by atoms with Crippen LogP contribution in [0.2, 0.25) is 0 Å². The molecule has 6 nitrogen and oxygen atoms in total. The summed E-state index contributed by atoms with van der Waals surface area (Å²) in [5.41, 5.74) is -0.219. The van der Waals surface area contributed by atoms with Crippen LogP contribution in [0, 0.1) is 23.2 Å². The lowest BCUT2D eigenvalue weighted by molar-refractivity contribution is -0.160. The van der Waals surface area contributed by atoms with E-state index in [-0.39, 0.29) is 23.2 Å². The summed E-state index contributed by atoms with van der Waals surface area (Å²) in [7, 11) is 0. The number of aliphatic hydroxyl groups excluding tert-OH is 1. The van der Waals surface area contributed by atoms with Gasteiger partial charge in [-0.25, -0.2) is 9.59 Å². The maximum atomic E-state index is 12.8. The van der Waals surface area contributed by atoms with Gasteiger partial charge in [0.2, 0.25) is 0 Å². The van der Waals surface area contributed by atoms with E-state index in [4.69, 9.17) is 9.47 Å². The van der Waals surface area contributed by atoms with E-state index in [0.717, 1.165) is 5.57 Å². The van der Waals surface area contributed by atoms with Crippen LogP contribution in [0.25, 0.3) is 0 Å². The van der Waals surface area contributed by atoms with Crippen molar-refractivity contribution in [1.82, 2.24) is 0 Å². The number of carbonyl (C=O) groups excluding carboxylic acids is 3. The van der Waals surface area contributed by atoms with Crippen molar-refractivity contribution in [2.45, 2.75) is 46.0 Å². The molecule has 26 heavy (non-hydrogen) atoms. The van der Waals surface area contributed by atoms with Crippen molar-refractivity contribution in [2.75, 3.05) is 0 Å². The third-order valence-electron chi connectivity index (χ3n) is 5.95. The van der Waals surface area contributed by atoms with Crippen LogP contribution in [0.1, 0.15) is 27.7 Å². The smallest absolute Gasteiger partial charge is 0.334 e. The first-order valence-corrected chi connectivity index (χ1v) is 8.75. The van der Waals surface area contributed by atoms with Gasteiger partial charge in [0.15, 0.2) is 5.78 Å². The molecule has 1 saturated heterocycles. The highest BCUT2D eigenvalue weighted by Gasteiger charge is 2.64. The Morgan fingerprint density at radius 2 is 2.04 bits per heavy atom. The van der Waals surface area contributed by atoms with Gasteiger partial charge in [0.1, 0.15) is 12.2 Å². The first kappa shape index (κ1) is 18.6. The molecule has 2 fully saturated rings. The number of fused-ring (bicyclic) bond motifs is 2. The maximum absolute atomic E-state index is 12.8. The monoisotopic (exact) mass is 360 g/mol. The average molecular weight is 360 g/mol. The second kappa shape index (κ2) is 6.20. The van der Waals surface area contributed by atoms with Gasteiger partial charge in [-0.3, -0.25) is 4.79 Å². The van der Waals surface area contributed by atoms with Gasteiger partial charge in [-0.05, 0) is 38.7 Å².